The van der Waals surface area contributed by atoms with Gasteiger partial charge in [-0.3, -0.25) is 9.88 Å². The maximum absolute atomic E-state index is 12.3. The molecule has 0 spiro atoms. The molecule has 0 bridgehead atoms. The van der Waals surface area contributed by atoms with E-state index in [2.05, 4.69) is 21.9 Å². The summed E-state index contributed by atoms with van der Waals surface area (Å²) in [6.07, 6.45) is 7.31. The van der Waals surface area contributed by atoms with E-state index in [4.69, 9.17) is 4.74 Å². The third kappa shape index (κ3) is 5.34. The first-order chi connectivity index (χ1) is 11.3. The molecule has 1 aliphatic rings. The minimum absolute atomic E-state index is 0.218. The average Bonchev–Trinajstić information content (AvgIpc) is 2.54. The van der Waals surface area contributed by atoms with Gasteiger partial charge >= 0.3 is 6.09 Å². The number of rotatable bonds is 4. The smallest absolute Gasteiger partial charge is 0.410 e. The molecule has 7 heteroatoms. The van der Waals surface area contributed by atoms with Crippen LogP contribution in [0.15, 0.2) is 17.4 Å². The molecule has 1 amide bonds. The van der Waals surface area contributed by atoms with Gasteiger partial charge in [-0.2, -0.15) is 0 Å². The summed E-state index contributed by atoms with van der Waals surface area (Å²) in [7, 11) is 2.09. The van der Waals surface area contributed by atoms with Gasteiger partial charge in [0.1, 0.15) is 10.6 Å². The van der Waals surface area contributed by atoms with Crippen LogP contribution >= 0.6 is 11.8 Å². The molecule has 0 radical (unpaired) electrons. The highest BCUT2D eigenvalue weighted by atomic mass is 32.2. The van der Waals surface area contributed by atoms with Crippen molar-refractivity contribution in [3.63, 3.8) is 0 Å². The zero-order valence-electron chi connectivity index (χ0n) is 15.3. The molecule has 0 aromatic carbocycles. The predicted octanol–water partition coefficient (Wildman–Crippen LogP) is 3.03. The summed E-state index contributed by atoms with van der Waals surface area (Å²) >= 11 is 1.61. The number of nitrogens with zero attached hydrogens (tertiary/aromatic N) is 4. The van der Waals surface area contributed by atoms with Crippen molar-refractivity contribution < 1.29 is 9.53 Å². The topological polar surface area (TPSA) is 58.6 Å². The highest BCUT2D eigenvalue weighted by molar-refractivity contribution is 7.98. The van der Waals surface area contributed by atoms with Gasteiger partial charge in [-0.1, -0.05) is 0 Å². The number of amides is 1. The molecule has 0 aliphatic carbocycles. The number of piperidine rings is 1. The highest BCUT2D eigenvalue weighted by Crippen LogP contribution is 2.21. The number of carbonyl (C=O) groups is 1. The second kappa shape index (κ2) is 8.16. The zero-order chi connectivity index (χ0) is 17.7. The Balaban J connectivity index is 1.97. The summed E-state index contributed by atoms with van der Waals surface area (Å²) in [5, 5.41) is 0.962. The fraction of sp³-hybridized carbons (Fsp3) is 0.706. The van der Waals surface area contributed by atoms with Gasteiger partial charge in [0.25, 0.3) is 0 Å². The highest BCUT2D eigenvalue weighted by Gasteiger charge is 2.29. The number of aromatic nitrogens is 2. The Morgan fingerprint density at radius 2 is 2.12 bits per heavy atom. The monoisotopic (exact) mass is 352 g/mol. The molecular formula is C17H28N4O2S. The third-order valence-corrected chi connectivity index (χ3v) is 4.73. The molecule has 1 aliphatic heterocycles. The van der Waals surface area contributed by atoms with E-state index in [9.17, 15) is 4.79 Å². The molecule has 1 aromatic rings. The second-order valence-corrected chi connectivity index (χ2v) is 7.94. The molecule has 1 saturated heterocycles. The molecule has 134 valence electrons. The number of ether oxygens (including phenoxy) is 1. The largest absolute Gasteiger partial charge is 0.444 e. The van der Waals surface area contributed by atoms with Crippen molar-refractivity contribution in [2.45, 2.75) is 56.8 Å². The van der Waals surface area contributed by atoms with Crippen LogP contribution in [0.5, 0.6) is 0 Å². The normalized spacial score (nSPS) is 18.8. The lowest BCUT2D eigenvalue weighted by atomic mass is 10.0. The molecule has 2 rings (SSSR count). The number of likely N-dealkylation sites (N-methyl/N-ethyl adjacent to an activating group) is 1. The maximum atomic E-state index is 12.3. The molecule has 1 fully saturated rings. The lowest BCUT2D eigenvalue weighted by molar-refractivity contribution is 0.0119. The summed E-state index contributed by atoms with van der Waals surface area (Å²) in [6.45, 7) is 7.89. The molecule has 24 heavy (non-hydrogen) atoms. The fourth-order valence-electron chi connectivity index (χ4n) is 2.81. The van der Waals surface area contributed by atoms with E-state index in [0.717, 1.165) is 36.7 Å². The van der Waals surface area contributed by atoms with Gasteiger partial charge in [-0.15, -0.1) is 11.8 Å². The Kier molecular flexibility index (Phi) is 6.46. The molecule has 1 aromatic heterocycles. The van der Waals surface area contributed by atoms with Crippen molar-refractivity contribution in [1.82, 2.24) is 19.8 Å². The zero-order valence-corrected chi connectivity index (χ0v) is 16.1. The van der Waals surface area contributed by atoms with E-state index in [0.29, 0.717) is 12.6 Å². The number of thioether (sulfide) groups is 1. The van der Waals surface area contributed by atoms with Crippen molar-refractivity contribution in [2.75, 3.05) is 26.4 Å². The first-order valence-electron chi connectivity index (χ1n) is 8.32. The van der Waals surface area contributed by atoms with Crippen molar-refractivity contribution in [1.29, 1.82) is 0 Å². The van der Waals surface area contributed by atoms with Crippen LogP contribution in [-0.4, -0.2) is 63.9 Å². The SMILES string of the molecule is CSc1nccnc1CN(C)[C@H]1CCCN(C(=O)OC(C)(C)C)C1. The summed E-state index contributed by atoms with van der Waals surface area (Å²) in [5.74, 6) is 0. The van der Waals surface area contributed by atoms with Gasteiger partial charge in [-0.25, -0.2) is 9.78 Å². The number of carbonyl (C=O) groups excluding carboxylic acids is 1. The number of hydrogen-bond acceptors (Lipinski definition) is 6. The lowest BCUT2D eigenvalue weighted by Gasteiger charge is -2.38. The van der Waals surface area contributed by atoms with Crippen LogP contribution in [0.25, 0.3) is 0 Å². The maximum Gasteiger partial charge on any atom is 0.410 e. The van der Waals surface area contributed by atoms with Crippen LogP contribution in [0, 0.1) is 0 Å². The van der Waals surface area contributed by atoms with Gasteiger partial charge in [0.15, 0.2) is 0 Å². The summed E-state index contributed by atoms with van der Waals surface area (Å²) < 4.78 is 5.50. The Morgan fingerprint density at radius 1 is 1.42 bits per heavy atom. The molecule has 0 saturated carbocycles. The van der Waals surface area contributed by atoms with Gasteiger partial charge in [0.2, 0.25) is 0 Å². The first-order valence-corrected chi connectivity index (χ1v) is 9.54. The van der Waals surface area contributed by atoms with Gasteiger partial charge < -0.3 is 9.64 Å². The van der Waals surface area contributed by atoms with Crippen LogP contribution < -0.4 is 0 Å². The first kappa shape index (κ1) is 19.0. The van der Waals surface area contributed by atoms with E-state index >= 15 is 0 Å². The fourth-order valence-corrected chi connectivity index (χ4v) is 3.32. The Labute approximate surface area is 149 Å². The molecular weight excluding hydrogens is 324 g/mol. The third-order valence-electron chi connectivity index (χ3n) is 4.00. The molecule has 1 atom stereocenters. The number of hydrogen-bond donors (Lipinski definition) is 0. The second-order valence-electron chi connectivity index (χ2n) is 7.15. The molecule has 6 nitrogen and oxygen atoms in total. The summed E-state index contributed by atoms with van der Waals surface area (Å²) in [6, 6.07) is 0.308. The van der Waals surface area contributed by atoms with Crippen LogP contribution in [0.2, 0.25) is 0 Å². The average molecular weight is 353 g/mol. The van der Waals surface area contributed by atoms with Gasteiger partial charge in [0, 0.05) is 38.1 Å². The Morgan fingerprint density at radius 3 is 2.79 bits per heavy atom. The van der Waals surface area contributed by atoms with Gasteiger partial charge in [-0.05, 0) is 46.9 Å². The molecule has 0 N–H and O–H groups in total. The molecule has 0 unspecified atom stereocenters. The van der Waals surface area contributed by atoms with E-state index in [1.165, 1.54) is 0 Å². The van der Waals surface area contributed by atoms with Crippen molar-refractivity contribution in [3.8, 4) is 0 Å². The van der Waals surface area contributed by atoms with E-state index < -0.39 is 5.60 Å². The van der Waals surface area contributed by atoms with Crippen molar-refractivity contribution in [3.05, 3.63) is 18.1 Å². The van der Waals surface area contributed by atoms with Gasteiger partial charge in [0.05, 0.1) is 5.69 Å². The van der Waals surface area contributed by atoms with E-state index in [1.54, 1.807) is 24.2 Å². The van der Waals surface area contributed by atoms with Crippen LogP contribution in [0.1, 0.15) is 39.3 Å². The van der Waals surface area contributed by atoms with E-state index in [1.807, 2.05) is 31.9 Å². The summed E-state index contributed by atoms with van der Waals surface area (Å²) in [4.78, 5) is 25.2. The van der Waals surface area contributed by atoms with Crippen LogP contribution in [0.3, 0.4) is 0 Å². The standard InChI is InChI=1S/C17H28N4O2S/c1-17(2,3)23-16(22)21-10-6-7-13(11-21)20(4)12-14-15(24-5)19-9-8-18-14/h8-9,13H,6-7,10-12H2,1-5H3/t13-/m0/s1. The number of likely N-dealkylation sites (tertiary alicyclic amines) is 1. The quantitative estimate of drug-likeness (QED) is 0.776. The molecule has 2 heterocycles. The minimum Gasteiger partial charge on any atom is -0.444 e. The Hall–Kier alpha value is -1.34. The van der Waals surface area contributed by atoms with Crippen LogP contribution in [-0.2, 0) is 11.3 Å². The summed E-state index contributed by atoms with van der Waals surface area (Å²) in [5.41, 5.74) is 0.532. The minimum atomic E-state index is -0.456. The predicted molar refractivity (Wildman–Crippen MR) is 96.1 cm³/mol. The lowest BCUT2D eigenvalue weighted by Crippen LogP contribution is -2.49. The van der Waals surface area contributed by atoms with Crippen molar-refractivity contribution in [2.24, 2.45) is 0 Å². The van der Waals surface area contributed by atoms with Crippen molar-refractivity contribution >= 4 is 17.9 Å². The van der Waals surface area contributed by atoms with E-state index in [-0.39, 0.29) is 6.09 Å². The Bertz CT molecular complexity index is 562. The van der Waals surface area contributed by atoms with Crippen LogP contribution in [0.4, 0.5) is 4.79 Å².